The minimum absolute atomic E-state index is 0.00871. The number of hydrogen-bond acceptors (Lipinski definition) is 1. The standard InChI is InChI=1S/C16H32N3OP/c1-15(20)17-21(16(2,3)4,18-11-7-5-8-12-18)19-13-9-6-10-14-19/h5-14H2,1-4H3. The predicted octanol–water partition coefficient (Wildman–Crippen LogP) is 4.33. The molecule has 5 heteroatoms. The predicted molar refractivity (Wildman–Crippen MR) is 90.6 cm³/mol. The van der Waals surface area contributed by atoms with E-state index in [0.29, 0.717) is 0 Å². The van der Waals surface area contributed by atoms with Crippen LogP contribution in [0.25, 0.3) is 0 Å². The van der Waals surface area contributed by atoms with Crippen LogP contribution in [0, 0.1) is 0 Å². The molecule has 0 N–H and O–H groups in total. The van der Waals surface area contributed by atoms with Gasteiger partial charge in [0, 0.05) is 38.3 Å². The van der Waals surface area contributed by atoms with E-state index in [9.17, 15) is 4.79 Å². The Balaban J connectivity index is 2.50. The Morgan fingerprint density at radius 3 is 1.52 bits per heavy atom. The topological polar surface area (TPSA) is 35.9 Å². The van der Waals surface area contributed by atoms with E-state index in [-0.39, 0.29) is 11.1 Å². The van der Waals surface area contributed by atoms with Gasteiger partial charge in [0.15, 0.2) is 0 Å². The lowest BCUT2D eigenvalue weighted by Crippen LogP contribution is -2.44. The molecule has 0 atom stereocenters. The molecule has 2 fully saturated rings. The first kappa shape index (κ1) is 17.2. The zero-order valence-electron chi connectivity index (χ0n) is 14.3. The van der Waals surface area contributed by atoms with Gasteiger partial charge in [0.1, 0.15) is 7.36 Å². The van der Waals surface area contributed by atoms with E-state index >= 15 is 0 Å². The third-order valence-electron chi connectivity index (χ3n) is 4.63. The van der Waals surface area contributed by atoms with E-state index in [0.717, 1.165) is 26.2 Å². The summed E-state index contributed by atoms with van der Waals surface area (Å²) in [5.41, 5.74) is 0. The molecule has 122 valence electrons. The summed E-state index contributed by atoms with van der Waals surface area (Å²) in [7, 11) is -1.94. The van der Waals surface area contributed by atoms with Gasteiger partial charge < -0.3 is 0 Å². The fourth-order valence-corrected chi connectivity index (χ4v) is 8.49. The average molecular weight is 313 g/mol. The second kappa shape index (κ2) is 6.93. The maximum atomic E-state index is 12.0. The first-order valence-corrected chi connectivity index (χ1v) is 10.2. The van der Waals surface area contributed by atoms with Crippen molar-refractivity contribution in [3.05, 3.63) is 0 Å². The number of amides is 1. The lowest BCUT2D eigenvalue weighted by Gasteiger charge is -2.52. The van der Waals surface area contributed by atoms with Crippen LogP contribution in [0.5, 0.6) is 0 Å². The lowest BCUT2D eigenvalue weighted by molar-refractivity contribution is -0.115. The molecule has 0 aromatic rings. The van der Waals surface area contributed by atoms with E-state index in [4.69, 9.17) is 4.74 Å². The molecule has 2 aliphatic heterocycles. The molecule has 2 saturated heterocycles. The summed E-state index contributed by atoms with van der Waals surface area (Å²) in [5.74, 6) is 0.00871. The van der Waals surface area contributed by atoms with E-state index in [1.54, 1.807) is 6.92 Å². The van der Waals surface area contributed by atoms with Gasteiger partial charge in [-0.05, 0) is 25.7 Å². The first-order valence-electron chi connectivity index (χ1n) is 8.52. The number of piperidine rings is 2. The van der Waals surface area contributed by atoms with Crippen LogP contribution < -0.4 is 0 Å². The summed E-state index contributed by atoms with van der Waals surface area (Å²) in [6.45, 7) is 12.9. The number of nitrogens with zero attached hydrogens (tertiary/aromatic N) is 3. The molecular formula is C16H32N3OP. The summed E-state index contributed by atoms with van der Waals surface area (Å²) in [4.78, 5) is 12.0. The van der Waals surface area contributed by atoms with Crippen molar-refractivity contribution in [1.82, 2.24) is 9.34 Å². The number of rotatable bonds is 2. The van der Waals surface area contributed by atoms with Crippen molar-refractivity contribution in [3.8, 4) is 0 Å². The van der Waals surface area contributed by atoms with Crippen LogP contribution in [-0.4, -0.2) is 46.6 Å². The monoisotopic (exact) mass is 313 g/mol. The molecule has 2 heterocycles. The Morgan fingerprint density at radius 2 is 1.24 bits per heavy atom. The number of hydrogen-bond donors (Lipinski definition) is 0. The van der Waals surface area contributed by atoms with Crippen molar-refractivity contribution in [2.24, 2.45) is 4.74 Å². The van der Waals surface area contributed by atoms with Gasteiger partial charge in [-0.3, -0.25) is 14.1 Å². The van der Waals surface area contributed by atoms with Gasteiger partial charge in [-0.2, -0.15) is 0 Å². The molecule has 0 aromatic carbocycles. The van der Waals surface area contributed by atoms with E-state index in [1.807, 2.05) is 0 Å². The lowest BCUT2D eigenvalue weighted by atomic mass is 10.2. The molecule has 1 amide bonds. The van der Waals surface area contributed by atoms with Gasteiger partial charge in [0.05, 0.1) is 0 Å². The van der Waals surface area contributed by atoms with Crippen molar-refractivity contribution in [3.63, 3.8) is 0 Å². The maximum Gasteiger partial charge on any atom is 0.243 e. The van der Waals surface area contributed by atoms with Gasteiger partial charge in [0.2, 0.25) is 5.91 Å². The Kier molecular flexibility index (Phi) is 5.67. The third-order valence-corrected chi connectivity index (χ3v) is 9.37. The quantitative estimate of drug-likeness (QED) is 0.712. The van der Waals surface area contributed by atoms with Crippen LogP contribution in [-0.2, 0) is 4.79 Å². The second-order valence-corrected chi connectivity index (χ2v) is 11.2. The maximum absolute atomic E-state index is 12.0. The SMILES string of the molecule is CC(=O)N=P(N1CCCCC1)(N1CCCCC1)C(C)(C)C. The van der Waals surface area contributed by atoms with Crippen molar-refractivity contribution >= 4 is 13.3 Å². The molecule has 0 bridgehead atoms. The highest BCUT2D eigenvalue weighted by Crippen LogP contribution is 2.67. The number of carbonyl (C=O) groups is 1. The zero-order valence-corrected chi connectivity index (χ0v) is 15.2. The molecule has 2 aliphatic rings. The fourth-order valence-electron chi connectivity index (χ4n) is 3.81. The molecule has 21 heavy (non-hydrogen) atoms. The summed E-state index contributed by atoms with van der Waals surface area (Å²) in [5, 5.41) is 0.0351. The molecule has 0 aromatic heterocycles. The van der Waals surface area contributed by atoms with E-state index in [1.165, 1.54) is 38.5 Å². The molecule has 2 rings (SSSR count). The van der Waals surface area contributed by atoms with Gasteiger partial charge in [-0.15, -0.1) is 0 Å². The Hall–Kier alpha value is -0.180. The van der Waals surface area contributed by atoms with Gasteiger partial charge >= 0.3 is 0 Å². The van der Waals surface area contributed by atoms with Crippen molar-refractivity contribution in [1.29, 1.82) is 0 Å². The van der Waals surface area contributed by atoms with E-state index in [2.05, 4.69) is 30.1 Å². The molecule has 0 saturated carbocycles. The molecule has 0 aliphatic carbocycles. The highest BCUT2D eigenvalue weighted by Gasteiger charge is 2.45. The molecule has 0 spiro atoms. The van der Waals surface area contributed by atoms with Gasteiger partial charge in [0.25, 0.3) is 0 Å². The highest BCUT2D eigenvalue weighted by molar-refractivity contribution is 7.63. The Bertz CT molecular complexity index is 394. The van der Waals surface area contributed by atoms with E-state index < -0.39 is 7.36 Å². The van der Waals surface area contributed by atoms with Crippen molar-refractivity contribution < 1.29 is 4.79 Å². The van der Waals surface area contributed by atoms with Crippen LogP contribution in [0.1, 0.15) is 66.2 Å². The Morgan fingerprint density at radius 1 is 0.857 bits per heavy atom. The number of carbonyl (C=O) groups excluding carboxylic acids is 1. The smallest absolute Gasteiger partial charge is 0.243 e. The summed E-state index contributed by atoms with van der Waals surface area (Å²) < 4.78 is 10.1. The fraction of sp³-hybridized carbons (Fsp3) is 0.938. The highest BCUT2D eigenvalue weighted by atomic mass is 31.2. The molecule has 0 radical (unpaired) electrons. The first-order chi connectivity index (χ1) is 9.88. The van der Waals surface area contributed by atoms with Crippen molar-refractivity contribution in [2.45, 2.75) is 71.4 Å². The summed E-state index contributed by atoms with van der Waals surface area (Å²) in [6, 6.07) is 0. The van der Waals surface area contributed by atoms with Crippen LogP contribution in [0.3, 0.4) is 0 Å². The normalized spacial score (nSPS) is 23.0. The minimum Gasteiger partial charge on any atom is -0.273 e. The second-order valence-electron chi connectivity index (χ2n) is 7.39. The third kappa shape index (κ3) is 3.60. The zero-order chi connectivity index (χ0) is 15.5. The van der Waals surface area contributed by atoms with Crippen LogP contribution >= 0.6 is 7.36 Å². The van der Waals surface area contributed by atoms with Gasteiger partial charge in [-0.1, -0.05) is 33.6 Å². The van der Waals surface area contributed by atoms with Crippen molar-refractivity contribution in [2.75, 3.05) is 26.2 Å². The molecule has 0 unspecified atom stereocenters. The van der Waals surface area contributed by atoms with Crippen LogP contribution in [0.2, 0.25) is 0 Å². The summed E-state index contributed by atoms with van der Waals surface area (Å²) >= 11 is 0. The molecule has 4 nitrogen and oxygen atoms in total. The van der Waals surface area contributed by atoms with Crippen LogP contribution in [0.4, 0.5) is 0 Å². The minimum atomic E-state index is -1.94. The largest absolute Gasteiger partial charge is 0.273 e. The molecular weight excluding hydrogens is 281 g/mol. The Labute approximate surface area is 130 Å². The van der Waals surface area contributed by atoms with Gasteiger partial charge in [-0.25, -0.2) is 4.74 Å². The summed E-state index contributed by atoms with van der Waals surface area (Å²) in [6.07, 6.45) is 7.64. The van der Waals surface area contributed by atoms with Crippen LogP contribution in [0.15, 0.2) is 4.74 Å². The average Bonchev–Trinajstić information content (AvgIpc) is 2.45.